The number of rotatable bonds is 8. The van der Waals surface area contributed by atoms with E-state index in [4.69, 9.17) is 14.2 Å². The Kier molecular flexibility index (Phi) is 6.11. The van der Waals surface area contributed by atoms with E-state index in [0.717, 1.165) is 0 Å². The van der Waals surface area contributed by atoms with Crippen molar-refractivity contribution in [3.8, 4) is 28.8 Å². The number of amides is 1. The molecule has 0 aliphatic rings. The molecule has 9 nitrogen and oxygen atoms in total. The van der Waals surface area contributed by atoms with E-state index in [0.29, 0.717) is 40.0 Å². The average molecular weight is 437 g/mol. The quantitative estimate of drug-likeness (QED) is 0.423. The van der Waals surface area contributed by atoms with Crippen LogP contribution in [0.5, 0.6) is 17.4 Å². The second-order valence-electron chi connectivity index (χ2n) is 6.68. The van der Waals surface area contributed by atoms with Gasteiger partial charge in [-0.25, -0.2) is 4.39 Å². The number of hydrogen-bond acceptors (Lipinski definition) is 7. The van der Waals surface area contributed by atoms with Crippen LogP contribution < -0.4 is 19.5 Å². The van der Waals surface area contributed by atoms with E-state index in [1.807, 2.05) is 0 Å². The average Bonchev–Trinajstić information content (AvgIpc) is 3.24. The lowest BCUT2D eigenvalue weighted by atomic mass is 10.2. The van der Waals surface area contributed by atoms with Gasteiger partial charge in [0.25, 0.3) is 5.91 Å². The first kappa shape index (κ1) is 21.0. The van der Waals surface area contributed by atoms with Crippen LogP contribution in [0.4, 0.5) is 4.39 Å². The standard InChI is InChI=1S/C22H20FN5O4/c1-30-17-11-15(12-18(13-17)31-2)22(29)24-8-9-32-20-7-6-19-25-26-21(28(19)27-20)14-4-3-5-16(23)10-14/h3-7,10-13H,8-9H2,1-2H3,(H,24,29). The lowest BCUT2D eigenvalue weighted by Gasteiger charge is -2.10. The molecule has 32 heavy (non-hydrogen) atoms. The number of nitrogens with zero attached hydrogens (tertiary/aromatic N) is 4. The number of carbonyl (C=O) groups excluding carboxylic acids is 1. The Balaban J connectivity index is 1.40. The number of ether oxygens (including phenoxy) is 3. The highest BCUT2D eigenvalue weighted by Gasteiger charge is 2.12. The smallest absolute Gasteiger partial charge is 0.251 e. The Hall–Kier alpha value is -4.21. The van der Waals surface area contributed by atoms with Crippen molar-refractivity contribution >= 4 is 11.6 Å². The number of carbonyl (C=O) groups is 1. The zero-order valence-electron chi connectivity index (χ0n) is 17.4. The number of halogens is 1. The van der Waals surface area contributed by atoms with Crippen LogP contribution >= 0.6 is 0 Å². The van der Waals surface area contributed by atoms with E-state index in [1.54, 1.807) is 42.5 Å². The van der Waals surface area contributed by atoms with E-state index in [-0.39, 0.29) is 24.9 Å². The minimum absolute atomic E-state index is 0.183. The molecule has 1 amide bonds. The van der Waals surface area contributed by atoms with Crippen molar-refractivity contribution in [3.63, 3.8) is 0 Å². The first-order valence-corrected chi connectivity index (χ1v) is 9.70. The summed E-state index contributed by atoms with van der Waals surface area (Å²) in [6.45, 7) is 0.430. The number of aromatic nitrogens is 4. The van der Waals surface area contributed by atoms with Gasteiger partial charge in [0.2, 0.25) is 5.88 Å². The zero-order chi connectivity index (χ0) is 22.5. The van der Waals surface area contributed by atoms with Crippen LogP contribution in [0, 0.1) is 5.82 Å². The van der Waals surface area contributed by atoms with Crippen molar-refractivity contribution < 1.29 is 23.4 Å². The van der Waals surface area contributed by atoms with Gasteiger partial charge >= 0.3 is 0 Å². The van der Waals surface area contributed by atoms with Crippen LogP contribution in [0.15, 0.2) is 54.6 Å². The van der Waals surface area contributed by atoms with Crippen LogP contribution in [0.3, 0.4) is 0 Å². The molecule has 0 aliphatic carbocycles. The molecule has 0 atom stereocenters. The second kappa shape index (κ2) is 9.29. The summed E-state index contributed by atoms with van der Waals surface area (Å²) in [5.41, 5.74) is 1.45. The summed E-state index contributed by atoms with van der Waals surface area (Å²) in [4.78, 5) is 12.4. The lowest BCUT2D eigenvalue weighted by molar-refractivity contribution is 0.0945. The van der Waals surface area contributed by atoms with Gasteiger partial charge in [-0.1, -0.05) is 12.1 Å². The minimum Gasteiger partial charge on any atom is -0.497 e. The fourth-order valence-corrected chi connectivity index (χ4v) is 3.02. The van der Waals surface area contributed by atoms with Gasteiger partial charge in [0.1, 0.15) is 23.9 Å². The Bertz CT molecular complexity index is 1240. The third-order valence-electron chi connectivity index (χ3n) is 4.57. The fraction of sp³-hybridized carbons (Fsp3) is 0.182. The maximum absolute atomic E-state index is 13.6. The van der Waals surface area contributed by atoms with E-state index in [9.17, 15) is 9.18 Å². The molecule has 2 aromatic carbocycles. The summed E-state index contributed by atoms with van der Waals surface area (Å²) in [6, 6.07) is 14.3. The van der Waals surface area contributed by atoms with Gasteiger partial charge in [-0.15, -0.1) is 15.3 Å². The van der Waals surface area contributed by atoms with E-state index in [2.05, 4.69) is 20.6 Å². The molecular formula is C22H20FN5O4. The zero-order valence-corrected chi connectivity index (χ0v) is 17.4. The summed E-state index contributed by atoms with van der Waals surface area (Å²) in [7, 11) is 3.03. The summed E-state index contributed by atoms with van der Waals surface area (Å²) < 4.78 is 31.1. The largest absolute Gasteiger partial charge is 0.497 e. The van der Waals surface area contributed by atoms with Crippen molar-refractivity contribution in [1.29, 1.82) is 0 Å². The van der Waals surface area contributed by atoms with Gasteiger partial charge in [0, 0.05) is 23.3 Å². The predicted octanol–water partition coefficient (Wildman–Crippen LogP) is 2.76. The van der Waals surface area contributed by atoms with E-state index < -0.39 is 0 Å². The van der Waals surface area contributed by atoms with Crippen molar-refractivity contribution in [1.82, 2.24) is 25.1 Å². The Morgan fingerprint density at radius 1 is 1.03 bits per heavy atom. The van der Waals surface area contributed by atoms with Gasteiger partial charge in [-0.2, -0.15) is 4.52 Å². The SMILES string of the molecule is COc1cc(OC)cc(C(=O)NCCOc2ccc3nnc(-c4cccc(F)c4)n3n2)c1. The Labute approximate surface area is 182 Å². The molecule has 10 heteroatoms. The predicted molar refractivity (Wildman–Crippen MR) is 114 cm³/mol. The second-order valence-corrected chi connectivity index (χ2v) is 6.68. The third kappa shape index (κ3) is 4.59. The molecule has 0 unspecified atom stereocenters. The molecule has 164 valence electrons. The van der Waals surface area contributed by atoms with Gasteiger partial charge < -0.3 is 19.5 Å². The maximum atomic E-state index is 13.6. The number of benzene rings is 2. The molecule has 4 rings (SSSR count). The Morgan fingerprint density at radius 2 is 1.81 bits per heavy atom. The van der Waals surface area contributed by atoms with E-state index >= 15 is 0 Å². The van der Waals surface area contributed by atoms with Crippen LogP contribution in [0.1, 0.15) is 10.4 Å². The topological polar surface area (TPSA) is 99.9 Å². The van der Waals surface area contributed by atoms with E-state index in [1.165, 1.54) is 30.9 Å². The summed E-state index contributed by atoms with van der Waals surface area (Å²) in [5.74, 6) is 1.08. The first-order chi connectivity index (χ1) is 15.6. The highest BCUT2D eigenvalue weighted by Crippen LogP contribution is 2.22. The molecule has 2 heterocycles. The summed E-state index contributed by atoms with van der Waals surface area (Å²) in [6.07, 6.45) is 0. The normalized spacial score (nSPS) is 10.7. The van der Waals surface area contributed by atoms with Crippen LogP contribution in [0.25, 0.3) is 17.0 Å². The van der Waals surface area contributed by atoms with Gasteiger partial charge in [-0.3, -0.25) is 4.79 Å². The van der Waals surface area contributed by atoms with Crippen molar-refractivity contribution in [3.05, 3.63) is 66.0 Å². The highest BCUT2D eigenvalue weighted by molar-refractivity contribution is 5.95. The third-order valence-corrected chi connectivity index (χ3v) is 4.57. The number of fused-ring (bicyclic) bond motifs is 1. The molecule has 0 bridgehead atoms. The Morgan fingerprint density at radius 3 is 2.53 bits per heavy atom. The summed E-state index contributed by atoms with van der Waals surface area (Å²) >= 11 is 0. The molecular weight excluding hydrogens is 417 g/mol. The summed E-state index contributed by atoms with van der Waals surface area (Å²) in [5, 5.41) is 15.3. The van der Waals surface area contributed by atoms with Crippen LogP contribution in [-0.4, -0.2) is 53.1 Å². The maximum Gasteiger partial charge on any atom is 0.251 e. The molecule has 0 spiro atoms. The molecule has 4 aromatic rings. The van der Waals surface area contributed by atoms with Crippen molar-refractivity contribution in [2.24, 2.45) is 0 Å². The van der Waals surface area contributed by atoms with Crippen LogP contribution in [0.2, 0.25) is 0 Å². The molecule has 0 saturated carbocycles. The minimum atomic E-state index is -0.379. The first-order valence-electron chi connectivity index (χ1n) is 9.70. The van der Waals surface area contributed by atoms with Gasteiger partial charge in [0.05, 0.1) is 20.8 Å². The fourth-order valence-electron chi connectivity index (χ4n) is 3.02. The molecule has 2 aromatic heterocycles. The lowest BCUT2D eigenvalue weighted by Crippen LogP contribution is -2.28. The van der Waals surface area contributed by atoms with Gasteiger partial charge in [0.15, 0.2) is 11.5 Å². The van der Waals surface area contributed by atoms with Crippen molar-refractivity contribution in [2.45, 2.75) is 0 Å². The van der Waals surface area contributed by atoms with Crippen LogP contribution in [-0.2, 0) is 0 Å². The highest BCUT2D eigenvalue weighted by atomic mass is 19.1. The molecule has 0 aliphatic heterocycles. The van der Waals surface area contributed by atoms with Gasteiger partial charge in [-0.05, 0) is 30.3 Å². The molecule has 0 saturated heterocycles. The number of nitrogens with one attached hydrogen (secondary N) is 1. The number of methoxy groups -OCH3 is 2. The molecule has 0 radical (unpaired) electrons. The monoisotopic (exact) mass is 437 g/mol. The number of hydrogen-bond donors (Lipinski definition) is 1. The molecule has 1 N–H and O–H groups in total. The molecule has 0 fully saturated rings. The van der Waals surface area contributed by atoms with Crippen molar-refractivity contribution in [2.75, 3.05) is 27.4 Å².